The van der Waals surface area contributed by atoms with Crippen LogP contribution < -0.4 is 5.32 Å². The normalized spacial score (nSPS) is 13.3. The Kier molecular flexibility index (Phi) is 5.81. The van der Waals surface area contributed by atoms with E-state index in [4.69, 9.17) is 4.42 Å². The van der Waals surface area contributed by atoms with Gasteiger partial charge in [0.25, 0.3) is 0 Å². The van der Waals surface area contributed by atoms with Crippen molar-refractivity contribution >= 4 is 17.6 Å². The third kappa shape index (κ3) is 5.04. The fraction of sp³-hybridized carbons (Fsp3) is 0.588. The summed E-state index contributed by atoms with van der Waals surface area (Å²) < 4.78 is 7.43. The van der Waals surface area contributed by atoms with E-state index < -0.39 is 0 Å². The van der Waals surface area contributed by atoms with Crippen LogP contribution in [0.5, 0.6) is 0 Å². The number of anilines is 1. The molecule has 1 unspecified atom stereocenters. The summed E-state index contributed by atoms with van der Waals surface area (Å²) in [6.07, 6.45) is 1.67. The maximum Gasteiger partial charge on any atom is 0.125 e. The maximum atomic E-state index is 9.27. The average molecular weight is 337 g/mol. The first kappa shape index (κ1) is 17.9. The minimum atomic E-state index is 0.0608. The Labute approximate surface area is 142 Å². The first-order valence-electron chi connectivity index (χ1n) is 7.94. The van der Waals surface area contributed by atoms with Crippen LogP contribution in [0.15, 0.2) is 22.8 Å². The molecule has 0 radical (unpaired) electrons. The molecule has 0 aliphatic heterocycles. The van der Waals surface area contributed by atoms with Crippen molar-refractivity contribution in [2.24, 2.45) is 0 Å². The van der Waals surface area contributed by atoms with Gasteiger partial charge in [-0.15, -0.1) is 0 Å². The molecule has 0 saturated carbocycles. The van der Waals surface area contributed by atoms with Crippen molar-refractivity contribution in [3.05, 3.63) is 24.2 Å². The van der Waals surface area contributed by atoms with E-state index in [0.717, 1.165) is 28.6 Å². The monoisotopic (exact) mass is 337 g/mol. The van der Waals surface area contributed by atoms with Crippen molar-refractivity contribution < 1.29 is 9.52 Å². The third-order valence-electron chi connectivity index (χ3n) is 3.39. The predicted molar refractivity (Wildman–Crippen MR) is 97.0 cm³/mol. The average Bonchev–Trinajstić information content (AvgIpc) is 3.03. The van der Waals surface area contributed by atoms with E-state index in [-0.39, 0.29) is 11.4 Å². The van der Waals surface area contributed by atoms with Crippen molar-refractivity contribution in [1.82, 2.24) is 9.78 Å². The van der Waals surface area contributed by atoms with Crippen LogP contribution in [0, 0.1) is 6.92 Å². The lowest BCUT2D eigenvalue weighted by Crippen LogP contribution is -2.23. The van der Waals surface area contributed by atoms with E-state index in [0.29, 0.717) is 12.6 Å². The van der Waals surface area contributed by atoms with Gasteiger partial charge in [0, 0.05) is 28.2 Å². The molecule has 2 N–H and O–H groups in total. The molecule has 0 fully saturated rings. The van der Waals surface area contributed by atoms with Crippen molar-refractivity contribution in [2.45, 2.75) is 52.0 Å². The first-order chi connectivity index (χ1) is 10.8. The summed E-state index contributed by atoms with van der Waals surface area (Å²) in [5, 5.41) is 17.4. The molecule has 2 heterocycles. The van der Waals surface area contributed by atoms with Gasteiger partial charge in [-0.3, -0.25) is 0 Å². The summed E-state index contributed by atoms with van der Waals surface area (Å²) in [6, 6.07) is 4.25. The van der Waals surface area contributed by atoms with Gasteiger partial charge in [-0.2, -0.15) is 16.9 Å². The lowest BCUT2D eigenvalue weighted by atomic mass is 10.2. The number of nitrogens with one attached hydrogen (secondary N) is 1. The van der Waals surface area contributed by atoms with E-state index in [1.54, 1.807) is 6.26 Å². The van der Waals surface area contributed by atoms with E-state index >= 15 is 0 Å². The van der Waals surface area contributed by atoms with Crippen molar-refractivity contribution in [3.63, 3.8) is 0 Å². The number of aryl methyl sites for hydroxylation is 1. The van der Waals surface area contributed by atoms with Gasteiger partial charge in [-0.1, -0.05) is 20.8 Å². The van der Waals surface area contributed by atoms with Gasteiger partial charge in [-0.25, -0.2) is 4.68 Å². The second-order valence-electron chi connectivity index (χ2n) is 6.72. The second kappa shape index (κ2) is 7.45. The number of furan rings is 1. The molecular weight excluding hydrogens is 310 g/mol. The molecule has 6 heteroatoms. The molecular formula is C17H27N3O2S. The second-order valence-corrected chi connectivity index (χ2v) is 8.57. The maximum absolute atomic E-state index is 9.27. The zero-order chi connectivity index (χ0) is 17.0. The van der Waals surface area contributed by atoms with E-state index in [2.05, 4.69) is 38.1 Å². The highest BCUT2D eigenvalue weighted by atomic mass is 32.2. The Hall–Kier alpha value is -1.40. The molecule has 128 valence electrons. The Morgan fingerprint density at radius 1 is 1.43 bits per heavy atom. The van der Waals surface area contributed by atoms with Crippen LogP contribution in [-0.2, 0) is 6.54 Å². The van der Waals surface area contributed by atoms with Crippen LogP contribution >= 0.6 is 11.8 Å². The number of aliphatic hydroxyl groups is 1. The Bertz CT molecular complexity index is 628. The van der Waals surface area contributed by atoms with Crippen molar-refractivity contribution in [2.75, 3.05) is 17.7 Å². The molecule has 1 atom stereocenters. The lowest BCUT2D eigenvalue weighted by Gasteiger charge is -2.22. The Balaban J connectivity index is 2.14. The predicted octanol–water partition coefficient (Wildman–Crippen LogP) is 3.78. The minimum absolute atomic E-state index is 0.0608. The fourth-order valence-electron chi connectivity index (χ4n) is 2.25. The molecule has 0 saturated heterocycles. The fourth-order valence-corrected chi connectivity index (χ4v) is 3.08. The summed E-state index contributed by atoms with van der Waals surface area (Å²) in [5.41, 5.74) is 1.85. The molecule has 0 aliphatic carbocycles. The van der Waals surface area contributed by atoms with Crippen LogP contribution in [0.25, 0.3) is 11.3 Å². The van der Waals surface area contributed by atoms with Crippen LogP contribution in [0.1, 0.15) is 33.5 Å². The summed E-state index contributed by atoms with van der Waals surface area (Å²) in [4.78, 5) is 0. The highest BCUT2D eigenvalue weighted by molar-refractivity contribution is 8.00. The van der Waals surface area contributed by atoms with Gasteiger partial charge < -0.3 is 14.8 Å². The summed E-state index contributed by atoms with van der Waals surface area (Å²) in [5.74, 6) is 2.78. The van der Waals surface area contributed by atoms with Gasteiger partial charge in [0.15, 0.2) is 0 Å². The summed E-state index contributed by atoms with van der Waals surface area (Å²) in [6.45, 7) is 11.3. The number of aromatic nitrogens is 2. The van der Waals surface area contributed by atoms with Gasteiger partial charge in [0.1, 0.15) is 11.6 Å². The topological polar surface area (TPSA) is 63.2 Å². The molecule has 0 aromatic carbocycles. The molecule has 0 spiro atoms. The van der Waals surface area contributed by atoms with Crippen LogP contribution in [0.3, 0.4) is 0 Å². The van der Waals surface area contributed by atoms with Crippen molar-refractivity contribution in [1.29, 1.82) is 0 Å². The SMILES string of the molecule is Cc1occc1-c1cc(NC(C)CSC(C)(C)C)n(CCO)n1. The third-order valence-corrected chi connectivity index (χ3v) is 4.92. The number of rotatable bonds is 7. The van der Waals surface area contributed by atoms with Crippen LogP contribution in [0.2, 0.25) is 0 Å². The molecule has 5 nitrogen and oxygen atoms in total. The molecule has 0 amide bonds. The first-order valence-corrected chi connectivity index (χ1v) is 8.92. The van der Waals surface area contributed by atoms with Gasteiger partial charge in [0.2, 0.25) is 0 Å². The zero-order valence-electron chi connectivity index (χ0n) is 14.6. The smallest absolute Gasteiger partial charge is 0.125 e. The molecule has 0 bridgehead atoms. The summed E-state index contributed by atoms with van der Waals surface area (Å²) >= 11 is 1.93. The molecule has 0 aliphatic rings. The Morgan fingerprint density at radius 3 is 2.74 bits per heavy atom. The largest absolute Gasteiger partial charge is 0.469 e. The van der Waals surface area contributed by atoms with Crippen LogP contribution in [-0.4, -0.2) is 38.0 Å². The highest BCUT2D eigenvalue weighted by Gasteiger charge is 2.16. The zero-order valence-corrected chi connectivity index (χ0v) is 15.4. The molecule has 2 aromatic heterocycles. The molecule has 2 aromatic rings. The van der Waals surface area contributed by atoms with Crippen molar-refractivity contribution in [3.8, 4) is 11.3 Å². The summed E-state index contributed by atoms with van der Waals surface area (Å²) in [7, 11) is 0. The lowest BCUT2D eigenvalue weighted by molar-refractivity contribution is 0.270. The molecule has 23 heavy (non-hydrogen) atoms. The van der Waals surface area contributed by atoms with E-state index in [1.165, 1.54) is 0 Å². The van der Waals surface area contributed by atoms with E-state index in [9.17, 15) is 5.11 Å². The number of hydrogen-bond donors (Lipinski definition) is 2. The standard InChI is InChI=1S/C17H27N3O2S/c1-12(11-23-17(3,4)5)18-16-10-15(19-20(16)7-8-21)14-6-9-22-13(14)2/h6,9-10,12,18,21H,7-8,11H2,1-5H3. The Morgan fingerprint density at radius 2 is 2.17 bits per heavy atom. The van der Waals surface area contributed by atoms with Gasteiger partial charge >= 0.3 is 0 Å². The van der Waals surface area contributed by atoms with Gasteiger partial charge in [-0.05, 0) is 19.9 Å². The van der Waals surface area contributed by atoms with Gasteiger partial charge in [0.05, 0.1) is 25.1 Å². The van der Waals surface area contributed by atoms with Crippen LogP contribution in [0.4, 0.5) is 5.82 Å². The van der Waals surface area contributed by atoms with E-state index in [1.807, 2.05) is 35.5 Å². The highest BCUT2D eigenvalue weighted by Crippen LogP contribution is 2.28. The minimum Gasteiger partial charge on any atom is -0.469 e. The number of nitrogens with zero attached hydrogens (tertiary/aromatic N) is 2. The number of thioether (sulfide) groups is 1. The quantitative estimate of drug-likeness (QED) is 0.805. The number of hydrogen-bond acceptors (Lipinski definition) is 5. The number of aliphatic hydroxyl groups excluding tert-OH is 1. The molecule has 2 rings (SSSR count).